The Morgan fingerprint density at radius 1 is 0.385 bits per heavy atom. The second-order valence-corrected chi connectivity index (χ2v) is 17.3. The molecule has 0 saturated heterocycles. The minimum Gasteiger partial charge on any atom is -0.455 e. The Morgan fingerprint density at radius 2 is 1.00 bits per heavy atom. The topological polar surface area (TPSA) is 69.6 Å². The van der Waals surface area contributed by atoms with Gasteiger partial charge in [-0.15, -0.1) is 11.3 Å². The van der Waals surface area contributed by atoms with Crippen LogP contribution in [0.3, 0.4) is 0 Å². The van der Waals surface area contributed by atoms with Crippen LogP contribution in [0, 0.1) is 0 Å². The molecule has 0 N–H and O–H groups in total. The van der Waals surface area contributed by atoms with Crippen LogP contribution in [0.15, 0.2) is 217 Å². The van der Waals surface area contributed by atoms with Crippen LogP contribution in [0.4, 0.5) is 0 Å². The Hall–Kier alpha value is -8.52. The van der Waals surface area contributed by atoms with Crippen molar-refractivity contribution in [2.45, 2.75) is 0 Å². The number of hydrogen-bond acceptors (Lipinski definition) is 6. The van der Waals surface area contributed by atoms with E-state index in [9.17, 15) is 0 Å². The normalized spacial score (nSPS) is 11.7. The van der Waals surface area contributed by atoms with Gasteiger partial charge < -0.3 is 4.42 Å². The second-order valence-electron chi connectivity index (χ2n) is 16.2. The number of thiophene rings is 1. The molecule has 0 saturated carbocycles. The fourth-order valence-corrected chi connectivity index (χ4v) is 10.4. The van der Waals surface area contributed by atoms with Crippen molar-refractivity contribution in [3.8, 4) is 73.5 Å². The first kappa shape index (κ1) is 37.1. The molecule has 0 aliphatic heterocycles. The molecule has 13 aromatic rings. The first-order chi connectivity index (χ1) is 32.2. The molecule has 4 aromatic heterocycles. The molecule has 65 heavy (non-hydrogen) atoms. The summed E-state index contributed by atoms with van der Waals surface area (Å²) in [4.78, 5) is 20.5. The zero-order valence-electron chi connectivity index (χ0n) is 34.8. The fourth-order valence-electron chi connectivity index (χ4n) is 9.19. The Bertz CT molecular complexity index is 3960. The third kappa shape index (κ3) is 6.32. The maximum Gasteiger partial charge on any atom is 0.167 e. The predicted octanol–water partition coefficient (Wildman–Crippen LogP) is 15.5. The zero-order valence-corrected chi connectivity index (χ0v) is 35.6. The number of hydrogen-bond donors (Lipinski definition) is 0. The summed E-state index contributed by atoms with van der Waals surface area (Å²) in [6.45, 7) is 0. The van der Waals surface area contributed by atoms with Crippen molar-refractivity contribution in [2.75, 3.05) is 0 Å². The van der Waals surface area contributed by atoms with Crippen molar-refractivity contribution >= 4 is 64.5 Å². The first-order valence-corrected chi connectivity index (χ1v) is 22.4. The van der Waals surface area contributed by atoms with Crippen LogP contribution in [-0.2, 0) is 0 Å². The summed E-state index contributed by atoms with van der Waals surface area (Å²) >= 11 is 1.83. The lowest BCUT2D eigenvalue weighted by Gasteiger charge is -2.11. The van der Waals surface area contributed by atoms with Crippen molar-refractivity contribution < 1.29 is 4.42 Å². The lowest BCUT2D eigenvalue weighted by Crippen LogP contribution is -2.00. The van der Waals surface area contributed by atoms with E-state index in [0.717, 1.165) is 83.4 Å². The number of aromatic nitrogens is 5. The average molecular weight is 850 g/mol. The fraction of sp³-hybridized carbons (Fsp3) is 0. The molecule has 0 unspecified atom stereocenters. The van der Waals surface area contributed by atoms with E-state index in [4.69, 9.17) is 24.4 Å². The molecule has 7 heteroatoms. The largest absolute Gasteiger partial charge is 0.455 e. The van der Waals surface area contributed by atoms with Gasteiger partial charge in [0.15, 0.2) is 17.5 Å². The van der Waals surface area contributed by atoms with Crippen LogP contribution in [0.2, 0.25) is 0 Å². The van der Waals surface area contributed by atoms with Gasteiger partial charge in [0.1, 0.15) is 17.0 Å². The molecule has 0 amide bonds. The summed E-state index contributed by atoms with van der Waals surface area (Å²) in [6, 6.07) is 74.0. The molecular weight excluding hydrogens is 815 g/mol. The van der Waals surface area contributed by atoms with Crippen LogP contribution in [0.25, 0.3) is 127 Å². The van der Waals surface area contributed by atoms with Gasteiger partial charge in [-0.05, 0) is 82.9 Å². The van der Waals surface area contributed by atoms with Crippen LogP contribution < -0.4 is 0 Å². The van der Waals surface area contributed by atoms with E-state index in [-0.39, 0.29) is 0 Å². The zero-order chi connectivity index (χ0) is 42.8. The highest BCUT2D eigenvalue weighted by molar-refractivity contribution is 7.26. The summed E-state index contributed by atoms with van der Waals surface area (Å²) in [5.74, 6) is 2.68. The minimum atomic E-state index is 0.562. The maximum atomic E-state index is 6.46. The van der Waals surface area contributed by atoms with Crippen LogP contribution in [0.1, 0.15) is 0 Å². The highest BCUT2D eigenvalue weighted by atomic mass is 32.1. The average Bonchev–Trinajstić information content (AvgIpc) is 4.08. The number of benzene rings is 9. The van der Waals surface area contributed by atoms with E-state index in [1.54, 1.807) is 0 Å². The van der Waals surface area contributed by atoms with E-state index in [2.05, 4.69) is 144 Å². The number of imidazole rings is 1. The Labute approximate surface area is 377 Å². The highest BCUT2D eigenvalue weighted by Crippen LogP contribution is 2.43. The molecule has 4 heterocycles. The van der Waals surface area contributed by atoms with Gasteiger partial charge in [0, 0.05) is 53.3 Å². The number of para-hydroxylation sites is 5. The quantitative estimate of drug-likeness (QED) is 0.160. The maximum absolute atomic E-state index is 6.46. The minimum absolute atomic E-state index is 0.562. The summed E-state index contributed by atoms with van der Waals surface area (Å²) in [5, 5.41) is 4.55. The van der Waals surface area contributed by atoms with E-state index in [1.807, 2.05) is 84.1 Å². The summed E-state index contributed by atoms with van der Waals surface area (Å²) < 4.78 is 11.2. The molecule has 0 spiro atoms. The van der Waals surface area contributed by atoms with Gasteiger partial charge >= 0.3 is 0 Å². The van der Waals surface area contributed by atoms with Gasteiger partial charge in [-0.25, -0.2) is 19.9 Å². The molecule has 304 valence electrons. The van der Waals surface area contributed by atoms with Gasteiger partial charge in [0.2, 0.25) is 0 Å². The van der Waals surface area contributed by atoms with E-state index in [0.29, 0.717) is 17.5 Å². The van der Waals surface area contributed by atoms with Crippen molar-refractivity contribution in [3.63, 3.8) is 0 Å². The lowest BCUT2D eigenvalue weighted by atomic mass is 9.98. The molecule has 0 atom stereocenters. The monoisotopic (exact) mass is 849 g/mol. The Morgan fingerprint density at radius 3 is 1.88 bits per heavy atom. The number of furan rings is 1. The molecule has 0 aliphatic carbocycles. The van der Waals surface area contributed by atoms with Crippen molar-refractivity contribution in [2.24, 2.45) is 0 Å². The van der Waals surface area contributed by atoms with E-state index < -0.39 is 0 Å². The molecule has 0 bridgehead atoms. The summed E-state index contributed by atoms with van der Waals surface area (Å²) in [7, 11) is 0. The molecule has 13 rings (SSSR count). The Kier molecular flexibility index (Phi) is 8.60. The van der Waals surface area contributed by atoms with Crippen LogP contribution in [0.5, 0.6) is 0 Å². The highest BCUT2D eigenvalue weighted by Gasteiger charge is 2.20. The molecule has 0 fully saturated rings. The van der Waals surface area contributed by atoms with Crippen molar-refractivity contribution in [1.29, 1.82) is 0 Å². The predicted molar refractivity (Wildman–Crippen MR) is 267 cm³/mol. The van der Waals surface area contributed by atoms with Gasteiger partial charge in [0.05, 0.1) is 16.6 Å². The summed E-state index contributed by atoms with van der Waals surface area (Å²) in [6.07, 6.45) is 0. The van der Waals surface area contributed by atoms with Crippen molar-refractivity contribution in [1.82, 2.24) is 24.5 Å². The third-order valence-electron chi connectivity index (χ3n) is 12.3. The van der Waals surface area contributed by atoms with Gasteiger partial charge in [-0.2, -0.15) is 0 Å². The molecule has 9 aromatic carbocycles. The van der Waals surface area contributed by atoms with Gasteiger partial charge in [-0.3, -0.25) is 4.57 Å². The number of rotatable bonds is 7. The molecular formula is C58H35N5OS. The number of fused-ring (bicyclic) bond motifs is 7. The standard InChI is InChI=1S/C58H35N5OS/c1-3-15-36(16-4-1)55-60-56(62-57(61-55)47-27-14-25-45-44-23-7-10-30-51(44)64-53(45)47)40-19-12-18-39(34-40)43-24-13-26-46-48-35-38(31-32-52(48)65-54(43)46)37-17-11-20-41(33-37)58-59-49-28-8-9-29-50(49)63(58)42-21-5-2-6-22-42/h1-35H. The molecule has 0 aliphatic rings. The lowest BCUT2D eigenvalue weighted by molar-refractivity contribution is 0.669. The van der Waals surface area contributed by atoms with Crippen LogP contribution >= 0.6 is 11.3 Å². The Balaban J connectivity index is 0.899. The molecule has 0 radical (unpaired) electrons. The second kappa shape index (κ2) is 15.1. The van der Waals surface area contributed by atoms with Gasteiger partial charge in [-0.1, -0.05) is 152 Å². The van der Waals surface area contributed by atoms with Crippen LogP contribution in [-0.4, -0.2) is 24.5 Å². The van der Waals surface area contributed by atoms with Gasteiger partial charge in [0.25, 0.3) is 0 Å². The SMILES string of the molecule is c1ccc(-c2nc(-c3cccc(-c4cccc5c4sc4ccc(-c6cccc(-c7nc8ccccc8n7-c7ccccc7)c6)cc45)c3)nc(-c3cccc4c3oc3ccccc34)n2)cc1. The first-order valence-electron chi connectivity index (χ1n) is 21.6. The molecule has 6 nitrogen and oxygen atoms in total. The smallest absolute Gasteiger partial charge is 0.167 e. The van der Waals surface area contributed by atoms with E-state index in [1.165, 1.54) is 25.7 Å². The number of nitrogens with zero attached hydrogens (tertiary/aromatic N) is 5. The summed E-state index contributed by atoms with van der Waals surface area (Å²) in [5.41, 5.74) is 13.0. The van der Waals surface area contributed by atoms with Crippen molar-refractivity contribution in [3.05, 3.63) is 212 Å². The third-order valence-corrected chi connectivity index (χ3v) is 13.5. The van der Waals surface area contributed by atoms with E-state index >= 15 is 0 Å².